The zero-order valence-corrected chi connectivity index (χ0v) is 18.5. The molecule has 3 aliphatic rings. The second kappa shape index (κ2) is 7.53. The summed E-state index contributed by atoms with van der Waals surface area (Å²) in [6, 6.07) is 7.51. The Morgan fingerprint density at radius 1 is 1.23 bits per heavy atom. The van der Waals surface area contributed by atoms with Crippen molar-refractivity contribution >= 4 is 21.8 Å². The third-order valence-electron chi connectivity index (χ3n) is 7.23. The molecule has 2 amide bonds. The van der Waals surface area contributed by atoms with E-state index in [0.717, 1.165) is 11.3 Å². The lowest BCUT2D eigenvalue weighted by molar-refractivity contribution is -0.136. The van der Waals surface area contributed by atoms with E-state index in [0.29, 0.717) is 38.9 Å². The minimum atomic E-state index is -3.32. The first kappa shape index (κ1) is 21.1. The summed E-state index contributed by atoms with van der Waals surface area (Å²) >= 11 is 0. The molecular formula is C21H29N3O5S. The molecule has 0 saturated carbocycles. The van der Waals surface area contributed by atoms with Crippen molar-refractivity contribution in [3.63, 3.8) is 0 Å². The maximum atomic E-state index is 12.9. The minimum absolute atomic E-state index is 0.0136. The summed E-state index contributed by atoms with van der Waals surface area (Å²) in [7, 11) is 0.118. The summed E-state index contributed by atoms with van der Waals surface area (Å²) in [5, 5.41) is 0. The standard InChI is InChI=1S/C21H29N3O5S/c1-22-20(26)17-13-24(30(3,27)28)14-18(17)21(22)7-9-23(10-8-21)19(25)12-15-5-4-6-16(11-15)29-2/h4-6,11,17-18H,7-10,12-14H2,1-3H3/t17-,18+/m1/s1. The summed E-state index contributed by atoms with van der Waals surface area (Å²) < 4.78 is 30.7. The number of piperidine rings is 1. The molecule has 0 N–H and O–H groups in total. The zero-order chi connectivity index (χ0) is 21.7. The smallest absolute Gasteiger partial charge is 0.227 e. The summed E-state index contributed by atoms with van der Waals surface area (Å²) in [6.07, 6.45) is 2.87. The molecular weight excluding hydrogens is 406 g/mol. The topological polar surface area (TPSA) is 87.2 Å². The highest BCUT2D eigenvalue weighted by Crippen LogP contribution is 2.49. The van der Waals surface area contributed by atoms with Gasteiger partial charge in [0.2, 0.25) is 21.8 Å². The number of sulfonamides is 1. The Balaban J connectivity index is 1.45. The van der Waals surface area contributed by atoms with E-state index in [2.05, 4.69) is 0 Å². The molecule has 4 rings (SSSR count). The van der Waals surface area contributed by atoms with Crippen molar-refractivity contribution < 1.29 is 22.7 Å². The van der Waals surface area contributed by atoms with Crippen LogP contribution in [0.15, 0.2) is 24.3 Å². The molecule has 164 valence electrons. The molecule has 0 aromatic heterocycles. The van der Waals surface area contributed by atoms with E-state index < -0.39 is 10.0 Å². The SMILES string of the molecule is COc1cccc(CC(=O)N2CCC3(CC2)[C@H]2CN(S(C)(=O)=O)C[C@H]2C(=O)N3C)c1. The summed E-state index contributed by atoms with van der Waals surface area (Å²) in [5.74, 6) is 0.531. The first-order valence-corrected chi connectivity index (χ1v) is 12.1. The second-order valence-corrected chi connectivity index (χ2v) is 10.7. The second-order valence-electron chi connectivity index (χ2n) is 8.70. The molecule has 2 atom stereocenters. The monoisotopic (exact) mass is 435 g/mol. The normalized spacial score (nSPS) is 26.3. The molecule has 3 heterocycles. The first-order valence-electron chi connectivity index (χ1n) is 10.3. The van der Waals surface area contributed by atoms with Crippen molar-refractivity contribution in [3.05, 3.63) is 29.8 Å². The number of rotatable bonds is 4. The number of amides is 2. The number of benzene rings is 1. The van der Waals surface area contributed by atoms with Crippen molar-refractivity contribution in [2.45, 2.75) is 24.8 Å². The van der Waals surface area contributed by atoms with Gasteiger partial charge in [0.25, 0.3) is 0 Å². The van der Waals surface area contributed by atoms with Gasteiger partial charge in [-0.1, -0.05) is 12.1 Å². The maximum Gasteiger partial charge on any atom is 0.227 e. The van der Waals surface area contributed by atoms with Crippen LogP contribution in [0, 0.1) is 11.8 Å². The molecule has 0 unspecified atom stereocenters. The number of carbonyl (C=O) groups excluding carboxylic acids is 2. The maximum absolute atomic E-state index is 12.9. The molecule has 1 aromatic carbocycles. The van der Waals surface area contributed by atoms with Crippen LogP contribution in [0.3, 0.4) is 0 Å². The summed E-state index contributed by atoms with van der Waals surface area (Å²) in [5.41, 5.74) is 0.543. The highest BCUT2D eigenvalue weighted by molar-refractivity contribution is 7.88. The average molecular weight is 436 g/mol. The number of nitrogens with zero attached hydrogens (tertiary/aromatic N) is 3. The highest BCUT2D eigenvalue weighted by atomic mass is 32.2. The quantitative estimate of drug-likeness (QED) is 0.691. The molecule has 1 aromatic rings. The van der Waals surface area contributed by atoms with Crippen molar-refractivity contribution in [1.82, 2.24) is 14.1 Å². The van der Waals surface area contributed by atoms with Gasteiger partial charge in [-0.05, 0) is 30.5 Å². The molecule has 1 spiro atoms. The van der Waals surface area contributed by atoms with Crippen molar-refractivity contribution in [3.8, 4) is 5.75 Å². The molecule has 0 bridgehead atoms. The van der Waals surface area contributed by atoms with Crippen molar-refractivity contribution in [1.29, 1.82) is 0 Å². The van der Waals surface area contributed by atoms with Crippen LogP contribution in [0.25, 0.3) is 0 Å². The predicted molar refractivity (Wildman–Crippen MR) is 111 cm³/mol. The predicted octanol–water partition coefficient (Wildman–Crippen LogP) is 0.579. The van der Waals surface area contributed by atoms with E-state index in [1.54, 1.807) is 7.11 Å². The third kappa shape index (κ3) is 3.47. The lowest BCUT2D eigenvalue weighted by atomic mass is 9.75. The number of likely N-dealkylation sites (tertiary alicyclic amines) is 2. The number of fused-ring (bicyclic) bond motifs is 2. The Bertz CT molecular complexity index is 955. The van der Waals surface area contributed by atoms with Gasteiger partial charge < -0.3 is 14.5 Å². The van der Waals surface area contributed by atoms with E-state index in [1.165, 1.54) is 10.6 Å². The van der Waals surface area contributed by atoms with E-state index in [9.17, 15) is 18.0 Å². The molecule has 0 aliphatic carbocycles. The number of hydrogen-bond acceptors (Lipinski definition) is 5. The van der Waals surface area contributed by atoms with Gasteiger partial charge in [-0.2, -0.15) is 0 Å². The van der Waals surface area contributed by atoms with Gasteiger partial charge in [-0.25, -0.2) is 12.7 Å². The van der Waals surface area contributed by atoms with E-state index in [4.69, 9.17) is 4.74 Å². The number of hydrogen-bond donors (Lipinski definition) is 0. The van der Waals surface area contributed by atoms with Crippen molar-refractivity contribution in [2.24, 2.45) is 11.8 Å². The number of ether oxygens (including phenoxy) is 1. The van der Waals surface area contributed by atoms with Crippen LogP contribution in [0.4, 0.5) is 0 Å². The fourth-order valence-corrected chi connectivity index (χ4v) is 6.33. The summed E-state index contributed by atoms with van der Waals surface area (Å²) in [6.45, 7) is 1.80. The van der Waals surface area contributed by atoms with E-state index in [1.807, 2.05) is 41.1 Å². The van der Waals surface area contributed by atoms with Gasteiger partial charge in [0, 0.05) is 39.1 Å². The Labute approximate surface area is 177 Å². The Morgan fingerprint density at radius 2 is 1.93 bits per heavy atom. The molecule has 3 aliphatic heterocycles. The Morgan fingerprint density at radius 3 is 2.57 bits per heavy atom. The van der Waals surface area contributed by atoms with Gasteiger partial charge >= 0.3 is 0 Å². The third-order valence-corrected chi connectivity index (χ3v) is 8.47. The molecule has 8 nitrogen and oxygen atoms in total. The molecule has 3 fully saturated rings. The van der Waals surface area contributed by atoms with Gasteiger partial charge in [-0.15, -0.1) is 0 Å². The van der Waals surface area contributed by atoms with Gasteiger partial charge in [-0.3, -0.25) is 9.59 Å². The van der Waals surface area contributed by atoms with Crippen LogP contribution in [0.5, 0.6) is 5.75 Å². The van der Waals surface area contributed by atoms with Gasteiger partial charge in [0.1, 0.15) is 5.75 Å². The molecule has 9 heteroatoms. The average Bonchev–Trinajstić information content (AvgIpc) is 3.25. The highest BCUT2D eigenvalue weighted by Gasteiger charge is 2.61. The molecule has 0 radical (unpaired) electrons. The fraction of sp³-hybridized carbons (Fsp3) is 0.619. The number of methoxy groups -OCH3 is 1. The minimum Gasteiger partial charge on any atom is -0.497 e. The van der Waals surface area contributed by atoms with Crippen LogP contribution in [0.2, 0.25) is 0 Å². The van der Waals surface area contributed by atoms with E-state index in [-0.39, 0.29) is 35.7 Å². The lowest BCUT2D eigenvalue weighted by Gasteiger charge is -2.46. The van der Waals surface area contributed by atoms with Crippen molar-refractivity contribution in [2.75, 3.05) is 46.6 Å². The van der Waals surface area contributed by atoms with E-state index >= 15 is 0 Å². The van der Waals surface area contributed by atoms with Crippen LogP contribution in [-0.4, -0.2) is 86.5 Å². The molecule has 30 heavy (non-hydrogen) atoms. The zero-order valence-electron chi connectivity index (χ0n) is 17.7. The number of carbonyl (C=O) groups is 2. The summed E-state index contributed by atoms with van der Waals surface area (Å²) in [4.78, 5) is 29.4. The Kier molecular flexibility index (Phi) is 5.30. The van der Waals surface area contributed by atoms with Crippen LogP contribution < -0.4 is 4.74 Å². The van der Waals surface area contributed by atoms with Gasteiger partial charge in [0.15, 0.2) is 0 Å². The van der Waals surface area contributed by atoms with Crippen LogP contribution in [0.1, 0.15) is 18.4 Å². The Hall–Kier alpha value is -2.13. The fourth-order valence-electron chi connectivity index (χ4n) is 5.47. The molecule has 3 saturated heterocycles. The van der Waals surface area contributed by atoms with Crippen LogP contribution in [-0.2, 0) is 26.0 Å². The lowest BCUT2D eigenvalue weighted by Crippen LogP contribution is -2.57. The van der Waals surface area contributed by atoms with Crippen LogP contribution >= 0.6 is 0 Å². The first-order chi connectivity index (χ1) is 14.2. The largest absolute Gasteiger partial charge is 0.497 e. The van der Waals surface area contributed by atoms with Gasteiger partial charge in [0.05, 0.1) is 31.2 Å².